The molecule has 3 heteroatoms. The lowest BCUT2D eigenvalue weighted by atomic mass is 9.96. The van der Waals surface area contributed by atoms with Gasteiger partial charge < -0.3 is 15.3 Å². The van der Waals surface area contributed by atoms with E-state index in [4.69, 9.17) is 0 Å². The first-order chi connectivity index (χ1) is 5.20. The Morgan fingerprint density at radius 2 is 2.27 bits per heavy atom. The molecule has 0 spiro atoms. The first-order valence-electron chi connectivity index (χ1n) is 4.23. The highest BCUT2D eigenvalue weighted by Crippen LogP contribution is 2.11. The summed E-state index contributed by atoms with van der Waals surface area (Å²) < 4.78 is 0. The zero-order valence-corrected chi connectivity index (χ0v) is 7.38. The molecule has 0 unspecified atom stereocenters. The molecular weight excluding hydrogens is 140 g/mol. The Bertz CT molecular complexity index is 117. The second-order valence-corrected chi connectivity index (χ2v) is 3.58. The Hall–Kier alpha value is -0.120. The van der Waals surface area contributed by atoms with Crippen LogP contribution in [0.2, 0.25) is 0 Å². The van der Waals surface area contributed by atoms with Crippen LogP contribution in [0.25, 0.3) is 0 Å². The molecule has 0 bridgehead atoms. The van der Waals surface area contributed by atoms with Gasteiger partial charge in [-0.3, -0.25) is 0 Å². The highest BCUT2D eigenvalue weighted by atomic mass is 16.3. The molecule has 0 amide bonds. The van der Waals surface area contributed by atoms with E-state index in [1.165, 1.54) is 0 Å². The van der Waals surface area contributed by atoms with Crippen LogP contribution >= 0.6 is 0 Å². The molecule has 1 saturated heterocycles. The molecule has 1 rings (SSSR count). The van der Waals surface area contributed by atoms with Gasteiger partial charge in [0.1, 0.15) is 0 Å². The normalized spacial score (nSPS) is 32.7. The molecule has 0 aliphatic carbocycles. The minimum atomic E-state index is -0.0985. The fourth-order valence-corrected chi connectivity index (χ4v) is 1.56. The van der Waals surface area contributed by atoms with E-state index in [1.807, 2.05) is 14.1 Å². The average molecular weight is 158 g/mol. The minimum absolute atomic E-state index is 0.0985. The number of rotatable bonds is 2. The third-order valence-corrected chi connectivity index (χ3v) is 2.17. The van der Waals surface area contributed by atoms with Crippen molar-refractivity contribution < 1.29 is 5.11 Å². The molecule has 0 aromatic rings. The fourth-order valence-electron chi connectivity index (χ4n) is 1.56. The van der Waals surface area contributed by atoms with Crippen molar-refractivity contribution in [2.75, 3.05) is 33.7 Å². The molecule has 1 aliphatic rings. The van der Waals surface area contributed by atoms with Gasteiger partial charge in [0.05, 0.1) is 6.10 Å². The zero-order chi connectivity index (χ0) is 8.27. The summed E-state index contributed by atoms with van der Waals surface area (Å²) in [6.45, 7) is 2.90. The number of piperidine rings is 1. The van der Waals surface area contributed by atoms with Crippen LogP contribution in [-0.4, -0.2) is 49.8 Å². The molecule has 66 valence electrons. The predicted octanol–water partition coefficient (Wildman–Crippen LogP) is -0.482. The molecule has 11 heavy (non-hydrogen) atoms. The van der Waals surface area contributed by atoms with E-state index in [0.29, 0.717) is 5.92 Å². The predicted molar refractivity (Wildman–Crippen MR) is 45.5 cm³/mol. The highest BCUT2D eigenvalue weighted by molar-refractivity contribution is 4.78. The minimum Gasteiger partial charge on any atom is -0.393 e. The molecule has 2 atom stereocenters. The van der Waals surface area contributed by atoms with Crippen molar-refractivity contribution in [2.45, 2.75) is 12.5 Å². The molecule has 1 fully saturated rings. The van der Waals surface area contributed by atoms with Gasteiger partial charge in [-0.15, -0.1) is 0 Å². The van der Waals surface area contributed by atoms with Crippen LogP contribution in [0.5, 0.6) is 0 Å². The van der Waals surface area contributed by atoms with Gasteiger partial charge in [-0.25, -0.2) is 0 Å². The summed E-state index contributed by atoms with van der Waals surface area (Å²) in [5.41, 5.74) is 0. The van der Waals surface area contributed by atoms with Crippen LogP contribution < -0.4 is 5.32 Å². The Kier molecular flexibility index (Phi) is 3.30. The van der Waals surface area contributed by atoms with Crippen LogP contribution in [0.15, 0.2) is 0 Å². The summed E-state index contributed by atoms with van der Waals surface area (Å²) in [7, 11) is 4.09. The zero-order valence-electron chi connectivity index (χ0n) is 7.38. The van der Waals surface area contributed by atoms with Gasteiger partial charge in [0.25, 0.3) is 0 Å². The molecule has 1 heterocycles. The molecular formula is C8H18N2O. The van der Waals surface area contributed by atoms with Gasteiger partial charge in [0.2, 0.25) is 0 Å². The second kappa shape index (κ2) is 4.04. The molecule has 2 N–H and O–H groups in total. The third-order valence-electron chi connectivity index (χ3n) is 2.17. The second-order valence-electron chi connectivity index (χ2n) is 3.58. The lowest BCUT2D eigenvalue weighted by Crippen LogP contribution is -2.44. The summed E-state index contributed by atoms with van der Waals surface area (Å²) in [6.07, 6.45) is 0.803. The maximum Gasteiger partial charge on any atom is 0.0604 e. The van der Waals surface area contributed by atoms with Crippen LogP contribution in [0, 0.1) is 5.92 Å². The van der Waals surface area contributed by atoms with E-state index in [2.05, 4.69) is 10.2 Å². The van der Waals surface area contributed by atoms with Crippen molar-refractivity contribution in [1.29, 1.82) is 0 Å². The summed E-state index contributed by atoms with van der Waals surface area (Å²) >= 11 is 0. The van der Waals surface area contributed by atoms with Gasteiger partial charge >= 0.3 is 0 Å². The molecule has 0 saturated carbocycles. The van der Waals surface area contributed by atoms with Crippen LogP contribution in [-0.2, 0) is 0 Å². The summed E-state index contributed by atoms with van der Waals surface area (Å²) in [5.74, 6) is 0.416. The third kappa shape index (κ3) is 2.77. The van der Waals surface area contributed by atoms with Crippen molar-refractivity contribution in [3.8, 4) is 0 Å². The van der Waals surface area contributed by atoms with Crippen LogP contribution in [0.1, 0.15) is 6.42 Å². The van der Waals surface area contributed by atoms with E-state index >= 15 is 0 Å². The fraction of sp³-hybridized carbons (Fsp3) is 1.00. The molecule has 0 aromatic carbocycles. The first kappa shape index (κ1) is 8.97. The van der Waals surface area contributed by atoms with Crippen molar-refractivity contribution in [1.82, 2.24) is 10.2 Å². The molecule has 1 aliphatic heterocycles. The number of hydrogen-bond acceptors (Lipinski definition) is 3. The quantitative estimate of drug-likeness (QED) is 0.570. The average Bonchev–Trinajstić information content (AvgIpc) is 1.93. The van der Waals surface area contributed by atoms with E-state index in [9.17, 15) is 5.11 Å². The Balaban J connectivity index is 2.29. The lowest BCUT2D eigenvalue weighted by Gasteiger charge is -2.30. The smallest absolute Gasteiger partial charge is 0.0604 e. The molecule has 0 aromatic heterocycles. The van der Waals surface area contributed by atoms with Crippen LogP contribution in [0.4, 0.5) is 0 Å². The number of nitrogens with one attached hydrogen (secondary N) is 1. The van der Waals surface area contributed by atoms with Gasteiger partial charge in [0, 0.05) is 19.0 Å². The van der Waals surface area contributed by atoms with Gasteiger partial charge in [0.15, 0.2) is 0 Å². The van der Waals surface area contributed by atoms with E-state index in [-0.39, 0.29) is 6.10 Å². The van der Waals surface area contributed by atoms with Gasteiger partial charge in [-0.1, -0.05) is 0 Å². The van der Waals surface area contributed by atoms with E-state index in [1.54, 1.807) is 0 Å². The van der Waals surface area contributed by atoms with Gasteiger partial charge in [-0.05, 0) is 27.1 Å². The SMILES string of the molecule is CN(C)C[C@@H]1CNCC[C@@H]1O. The van der Waals surface area contributed by atoms with Gasteiger partial charge in [-0.2, -0.15) is 0 Å². The summed E-state index contributed by atoms with van der Waals surface area (Å²) in [4.78, 5) is 2.13. The Labute approximate surface area is 68.4 Å². The number of aliphatic hydroxyl groups excluding tert-OH is 1. The highest BCUT2D eigenvalue weighted by Gasteiger charge is 2.22. The number of nitrogens with zero attached hydrogens (tertiary/aromatic N) is 1. The van der Waals surface area contributed by atoms with E-state index < -0.39 is 0 Å². The van der Waals surface area contributed by atoms with Crippen molar-refractivity contribution >= 4 is 0 Å². The Morgan fingerprint density at radius 3 is 2.82 bits per heavy atom. The lowest BCUT2D eigenvalue weighted by molar-refractivity contribution is 0.0645. The standard InChI is InChI=1S/C8H18N2O/c1-10(2)6-7-5-9-4-3-8(7)11/h7-9,11H,3-6H2,1-2H3/t7-,8-/m0/s1. The number of hydrogen-bond donors (Lipinski definition) is 2. The van der Waals surface area contributed by atoms with Crippen molar-refractivity contribution in [3.63, 3.8) is 0 Å². The summed E-state index contributed by atoms with van der Waals surface area (Å²) in [5, 5.41) is 12.8. The van der Waals surface area contributed by atoms with Crippen LogP contribution in [0.3, 0.4) is 0 Å². The topological polar surface area (TPSA) is 35.5 Å². The number of aliphatic hydroxyl groups is 1. The summed E-state index contributed by atoms with van der Waals surface area (Å²) in [6, 6.07) is 0. The monoisotopic (exact) mass is 158 g/mol. The van der Waals surface area contributed by atoms with Crippen molar-refractivity contribution in [2.24, 2.45) is 5.92 Å². The largest absolute Gasteiger partial charge is 0.393 e. The first-order valence-corrected chi connectivity index (χ1v) is 4.23. The molecule has 3 nitrogen and oxygen atoms in total. The van der Waals surface area contributed by atoms with E-state index in [0.717, 1.165) is 26.1 Å². The molecule has 0 radical (unpaired) electrons. The maximum absolute atomic E-state index is 9.55. The maximum atomic E-state index is 9.55. The van der Waals surface area contributed by atoms with Crippen molar-refractivity contribution in [3.05, 3.63) is 0 Å². The Morgan fingerprint density at radius 1 is 1.55 bits per heavy atom.